The Labute approximate surface area is 339 Å². The maximum absolute atomic E-state index is 6.51. The zero-order valence-corrected chi connectivity index (χ0v) is 36.1. The number of allylic oxidation sites excluding steroid dienone is 2. The third-order valence-corrected chi connectivity index (χ3v) is 12.8. The Balaban J connectivity index is 1.42. The van der Waals surface area contributed by atoms with Gasteiger partial charge in [0.2, 0.25) is 0 Å². The van der Waals surface area contributed by atoms with E-state index in [9.17, 15) is 0 Å². The van der Waals surface area contributed by atoms with Gasteiger partial charge in [-0.1, -0.05) is 154 Å². The van der Waals surface area contributed by atoms with Crippen LogP contribution < -0.4 is 9.47 Å². The van der Waals surface area contributed by atoms with Crippen LogP contribution in [0.2, 0.25) is 0 Å². The Kier molecular flexibility index (Phi) is 23.0. The van der Waals surface area contributed by atoms with E-state index in [-0.39, 0.29) is 0 Å². The molecule has 0 bridgehead atoms. The fourth-order valence-electron chi connectivity index (χ4n) is 9.22. The standard InChI is InChI=1S/C52H82O3/c1-5-9-13-17-39-54-49-33-29-47(30-34-49)51(45-25-21-43(22-26-45)19-15-11-7-3)37-41-53-42-38-52(46-27-23-44(24-28-46)20-16-12-8-4)48-31-35-50(36-32-48)55-40-18-14-10-6-2/h29-38,43-46H,5-28,39-42H2,1-4H3. The molecule has 3 heteroatoms. The maximum atomic E-state index is 6.51. The van der Waals surface area contributed by atoms with E-state index in [2.05, 4.69) is 88.4 Å². The fourth-order valence-corrected chi connectivity index (χ4v) is 9.22. The van der Waals surface area contributed by atoms with Gasteiger partial charge in [0, 0.05) is 0 Å². The Morgan fingerprint density at radius 2 is 0.818 bits per heavy atom. The highest BCUT2D eigenvalue weighted by molar-refractivity contribution is 5.69. The van der Waals surface area contributed by atoms with Crippen LogP contribution in [0.25, 0.3) is 11.1 Å². The van der Waals surface area contributed by atoms with Gasteiger partial charge in [0.25, 0.3) is 0 Å². The van der Waals surface area contributed by atoms with Crippen molar-refractivity contribution in [2.75, 3.05) is 26.4 Å². The molecular weight excluding hydrogens is 673 g/mol. The number of ether oxygens (including phenoxy) is 3. The summed E-state index contributed by atoms with van der Waals surface area (Å²) in [6, 6.07) is 18.0. The molecule has 3 nitrogen and oxygen atoms in total. The van der Waals surface area contributed by atoms with E-state index in [1.54, 1.807) is 0 Å². The van der Waals surface area contributed by atoms with E-state index in [1.165, 1.54) is 164 Å². The summed E-state index contributed by atoms with van der Waals surface area (Å²) < 4.78 is 18.8. The number of hydrogen-bond donors (Lipinski definition) is 0. The zero-order chi connectivity index (χ0) is 38.8. The normalized spacial score (nSPS) is 20.8. The molecule has 308 valence electrons. The van der Waals surface area contributed by atoms with Crippen LogP contribution in [0.1, 0.15) is 193 Å². The highest BCUT2D eigenvalue weighted by atomic mass is 16.5. The molecule has 2 aliphatic rings. The van der Waals surface area contributed by atoms with Gasteiger partial charge in [-0.25, -0.2) is 0 Å². The van der Waals surface area contributed by atoms with Crippen molar-refractivity contribution in [2.24, 2.45) is 23.7 Å². The topological polar surface area (TPSA) is 27.7 Å². The largest absolute Gasteiger partial charge is 0.494 e. The van der Waals surface area contributed by atoms with E-state index in [0.29, 0.717) is 25.0 Å². The highest BCUT2D eigenvalue weighted by Gasteiger charge is 2.26. The molecule has 2 saturated carbocycles. The number of rotatable bonds is 28. The second-order valence-corrected chi connectivity index (χ2v) is 17.2. The van der Waals surface area contributed by atoms with Gasteiger partial charge in [-0.05, 0) is 134 Å². The van der Waals surface area contributed by atoms with Crippen LogP contribution in [0.5, 0.6) is 11.5 Å². The first-order valence-electron chi connectivity index (χ1n) is 23.6. The first-order chi connectivity index (χ1) is 27.1. The van der Waals surface area contributed by atoms with Gasteiger partial charge in [-0.15, -0.1) is 0 Å². The van der Waals surface area contributed by atoms with Gasteiger partial charge < -0.3 is 14.2 Å². The molecule has 0 unspecified atom stereocenters. The van der Waals surface area contributed by atoms with Gasteiger partial charge in [0.1, 0.15) is 11.5 Å². The fraction of sp³-hybridized carbons (Fsp3) is 0.692. The summed E-state index contributed by atoms with van der Waals surface area (Å²) in [7, 11) is 0. The zero-order valence-electron chi connectivity index (χ0n) is 36.1. The Morgan fingerprint density at radius 3 is 1.18 bits per heavy atom. The Morgan fingerprint density at radius 1 is 0.455 bits per heavy atom. The van der Waals surface area contributed by atoms with Crippen molar-refractivity contribution in [1.29, 1.82) is 0 Å². The van der Waals surface area contributed by atoms with Crippen molar-refractivity contribution in [2.45, 2.75) is 182 Å². The minimum Gasteiger partial charge on any atom is -0.494 e. The Bertz CT molecular complexity index is 1190. The smallest absolute Gasteiger partial charge is 0.119 e. The number of unbranched alkanes of at least 4 members (excludes halogenated alkanes) is 10. The summed E-state index contributed by atoms with van der Waals surface area (Å²) in [5.41, 5.74) is 5.65. The number of benzene rings is 2. The maximum Gasteiger partial charge on any atom is 0.119 e. The molecule has 2 aromatic rings. The molecule has 0 saturated heterocycles. The van der Waals surface area contributed by atoms with Crippen LogP contribution in [-0.4, -0.2) is 26.4 Å². The first kappa shape index (κ1) is 45.2. The van der Waals surface area contributed by atoms with Crippen molar-refractivity contribution in [1.82, 2.24) is 0 Å². The van der Waals surface area contributed by atoms with Crippen LogP contribution in [0.3, 0.4) is 0 Å². The highest BCUT2D eigenvalue weighted by Crippen LogP contribution is 2.41. The molecule has 0 spiro atoms. The lowest BCUT2D eigenvalue weighted by molar-refractivity contribution is 0.193. The lowest BCUT2D eigenvalue weighted by atomic mass is 9.75. The van der Waals surface area contributed by atoms with Gasteiger partial charge >= 0.3 is 0 Å². The molecule has 0 radical (unpaired) electrons. The average molecular weight is 755 g/mol. The van der Waals surface area contributed by atoms with Crippen LogP contribution in [0.4, 0.5) is 0 Å². The molecule has 2 fully saturated rings. The summed E-state index contributed by atoms with van der Waals surface area (Å²) in [5, 5.41) is 0. The van der Waals surface area contributed by atoms with Crippen LogP contribution in [0.15, 0.2) is 60.7 Å². The quantitative estimate of drug-likeness (QED) is 0.0810. The lowest BCUT2D eigenvalue weighted by Crippen LogP contribution is -2.17. The van der Waals surface area contributed by atoms with Crippen molar-refractivity contribution in [3.63, 3.8) is 0 Å². The van der Waals surface area contributed by atoms with Gasteiger partial charge in [-0.3, -0.25) is 0 Å². The second kappa shape index (κ2) is 28.0. The summed E-state index contributed by atoms with van der Waals surface area (Å²) in [6.07, 6.45) is 36.3. The van der Waals surface area contributed by atoms with Crippen molar-refractivity contribution < 1.29 is 14.2 Å². The van der Waals surface area contributed by atoms with Gasteiger partial charge in [0.05, 0.1) is 26.4 Å². The lowest BCUT2D eigenvalue weighted by Gasteiger charge is -2.31. The van der Waals surface area contributed by atoms with E-state index >= 15 is 0 Å². The molecule has 0 aliphatic heterocycles. The number of hydrogen-bond acceptors (Lipinski definition) is 3. The molecule has 4 rings (SSSR count). The predicted molar refractivity (Wildman–Crippen MR) is 238 cm³/mol. The van der Waals surface area contributed by atoms with Crippen molar-refractivity contribution >= 4 is 11.1 Å². The summed E-state index contributed by atoms with van der Waals surface area (Å²) in [4.78, 5) is 0. The molecule has 0 aromatic heterocycles. The molecular formula is C52H82O3. The van der Waals surface area contributed by atoms with Crippen LogP contribution in [-0.2, 0) is 4.74 Å². The molecule has 2 aliphatic carbocycles. The van der Waals surface area contributed by atoms with E-state index in [0.717, 1.165) is 49.4 Å². The third kappa shape index (κ3) is 17.2. The van der Waals surface area contributed by atoms with Gasteiger partial charge in [0.15, 0.2) is 0 Å². The predicted octanol–water partition coefficient (Wildman–Crippen LogP) is 15.9. The molecule has 2 aromatic carbocycles. The molecule has 0 atom stereocenters. The molecule has 0 heterocycles. The first-order valence-corrected chi connectivity index (χ1v) is 23.6. The Hall–Kier alpha value is -2.52. The minimum absolute atomic E-state index is 0.609. The second-order valence-electron chi connectivity index (χ2n) is 17.2. The van der Waals surface area contributed by atoms with Crippen LogP contribution >= 0.6 is 0 Å². The molecule has 55 heavy (non-hydrogen) atoms. The molecule has 0 amide bonds. The van der Waals surface area contributed by atoms with Crippen molar-refractivity contribution in [3.8, 4) is 11.5 Å². The average Bonchev–Trinajstić information content (AvgIpc) is 3.22. The summed E-state index contributed by atoms with van der Waals surface area (Å²) >= 11 is 0. The molecule has 0 N–H and O–H groups in total. The van der Waals surface area contributed by atoms with Gasteiger partial charge in [-0.2, -0.15) is 0 Å². The summed E-state index contributed by atoms with van der Waals surface area (Å²) in [6.45, 7) is 12.1. The van der Waals surface area contributed by atoms with E-state index in [4.69, 9.17) is 14.2 Å². The van der Waals surface area contributed by atoms with E-state index < -0.39 is 0 Å². The van der Waals surface area contributed by atoms with E-state index in [1.807, 2.05) is 0 Å². The SMILES string of the molecule is CCCCCCOc1ccc(C(=CCOCC=C(c2ccc(OCCCCCC)cc2)C2CCC(CCCCC)CC2)C2CCC(CCCCC)CC2)cc1. The summed E-state index contributed by atoms with van der Waals surface area (Å²) in [5.74, 6) is 5.02. The monoisotopic (exact) mass is 755 g/mol. The van der Waals surface area contributed by atoms with Crippen molar-refractivity contribution in [3.05, 3.63) is 71.8 Å². The van der Waals surface area contributed by atoms with Crippen LogP contribution in [0, 0.1) is 23.7 Å². The minimum atomic E-state index is 0.609. The third-order valence-electron chi connectivity index (χ3n) is 12.8.